The van der Waals surface area contributed by atoms with Gasteiger partial charge in [-0.15, -0.1) is 22.7 Å². The van der Waals surface area contributed by atoms with Crippen molar-refractivity contribution in [3.63, 3.8) is 0 Å². The van der Waals surface area contributed by atoms with Crippen LogP contribution in [0, 0.1) is 0 Å². The van der Waals surface area contributed by atoms with Crippen LogP contribution in [0.5, 0.6) is 0 Å². The zero-order valence-corrected chi connectivity index (χ0v) is 11.1. The second kappa shape index (κ2) is 5.28. The van der Waals surface area contributed by atoms with Gasteiger partial charge in [0.25, 0.3) is 5.91 Å². The molecule has 94 valence electrons. The van der Waals surface area contributed by atoms with Gasteiger partial charge in [0.2, 0.25) is 0 Å². The maximum atomic E-state index is 11.7. The van der Waals surface area contributed by atoms with Gasteiger partial charge in [0.1, 0.15) is 5.01 Å². The Balaban J connectivity index is 2.11. The predicted molar refractivity (Wildman–Crippen MR) is 69.5 cm³/mol. The summed E-state index contributed by atoms with van der Waals surface area (Å²) in [6.07, 6.45) is -0.954. The fourth-order valence-corrected chi connectivity index (χ4v) is 2.76. The molecule has 2 heterocycles. The molecule has 0 saturated carbocycles. The Bertz CT molecular complexity index is 563. The number of hydrogen-bond donors (Lipinski definition) is 1. The second-order valence-corrected chi connectivity index (χ2v) is 5.27. The van der Waals surface area contributed by atoms with Crippen molar-refractivity contribution in [3.05, 3.63) is 28.6 Å². The molecule has 2 aromatic heterocycles. The number of carbonyl (C=O) groups is 2. The third-order valence-corrected chi connectivity index (χ3v) is 4.01. The normalized spacial score (nSPS) is 12.1. The molecule has 1 amide bonds. The molecule has 0 aliphatic carbocycles. The van der Waals surface area contributed by atoms with Crippen LogP contribution in [-0.4, -0.2) is 23.0 Å². The van der Waals surface area contributed by atoms with Crippen molar-refractivity contribution in [2.45, 2.75) is 13.0 Å². The monoisotopic (exact) mass is 282 g/mol. The second-order valence-electron chi connectivity index (χ2n) is 3.47. The van der Waals surface area contributed by atoms with Crippen LogP contribution in [0.2, 0.25) is 0 Å². The van der Waals surface area contributed by atoms with E-state index < -0.39 is 18.0 Å². The quantitative estimate of drug-likeness (QED) is 0.868. The Hall–Kier alpha value is -1.73. The van der Waals surface area contributed by atoms with Crippen molar-refractivity contribution in [2.24, 2.45) is 5.73 Å². The first-order valence-corrected chi connectivity index (χ1v) is 6.83. The highest BCUT2D eigenvalue weighted by atomic mass is 32.1. The summed E-state index contributed by atoms with van der Waals surface area (Å²) in [5.74, 6) is -1.32. The van der Waals surface area contributed by atoms with Crippen LogP contribution in [-0.2, 0) is 9.53 Å². The van der Waals surface area contributed by atoms with E-state index in [1.54, 1.807) is 16.7 Å². The van der Waals surface area contributed by atoms with Gasteiger partial charge in [0.05, 0.1) is 4.88 Å². The lowest BCUT2D eigenvalue weighted by Gasteiger charge is -2.07. The molecular weight excluding hydrogens is 272 g/mol. The van der Waals surface area contributed by atoms with Crippen LogP contribution in [0.4, 0.5) is 0 Å². The van der Waals surface area contributed by atoms with E-state index in [2.05, 4.69) is 4.98 Å². The number of rotatable bonds is 4. The number of nitrogens with zero attached hydrogens (tertiary/aromatic N) is 1. The SMILES string of the molecule is C[C@H](OC(=O)c1csc(-c2cccs2)n1)C(N)=O. The largest absolute Gasteiger partial charge is 0.448 e. The Morgan fingerprint density at radius 3 is 2.83 bits per heavy atom. The number of ether oxygens (including phenoxy) is 1. The van der Waals surface area contributed by atoms with Gasteiger partial charge in [-0.25, -0.2) is 9.78 Å². The lowest BCUT2D eigenvalue weighted by atomic mass is 10.4. The first-order valence-electron chi connectivity index (χ1n) is 5.07. The summed E-state index contributed by atoms with van der Waals surface area (Å²) in [5, 5.41) is 4.29. The number of carbonyl (C=O) groups excluding carboxylic acids is 2. The Morgan fingerprint density at radius 2 is 2.22 bits per heavy atom. The summed E-state index contributed by atoms with van der Waals surface area (Å²) in [7, 11) is 0. The van der Waals surface area contributed by atoms with E-state index in [9.17, 15) is 9.59 Å². The first-order chi connectivity index (χ1) is 8.58. The molecule has 0 bridgehead atoms. The standard InChI is InChI=1S/C11H10N2O3S2/c1-6(9(12)14)16-11(15)7-5-18-10(13-7)8-3-2-4-17-8/h2-6H,1H3,(H2,12,14)/t6-/m0/s1. The van der Waals surface area contributed by atoms with E-state index in [0.29, 0.717) is 0 Å². The van der Waals surface area contributed by atoms with Gasteiger partial charge >= 0.3 is 5.97 Å². The van der Waals surface area contributed by atoms with E-state index >= 15 is 0 Å². The summed E-state index contributed by atoms with van der Waals surface area (Å²) in [6.45, 7) is 1.42. The highest BCUT2D eigenvalue weighted by Crippen LogP contribution is 2.27. The average molecular weight is 282 g/mol. The molecular formula is C11H10N2O3S2. The third kappa shape index (κ3) is 2.74. The average Bonchev–Trinajstić information content (AvgIpc) is 2.99. The minimum Gasteiger partial charge on any atom is -0.448 e. The molecule has 1 atom stereocenters. The van der Waals surface area contributed by atoms with Gasteiger partial charge in [-0.2, -0.15) is 0 Å². The maximum absolute atomic E-state index is 11.7. The summed E-state index contributed by atoms with van der Waals surface area (Å²) in [4.78, 5) is 27.6. The van der Waals surface area contributed by atoms with Crippen molar-refractivity contribution in [3.8, 4) is 9.88 Å². The zero-order valence-electron chi connectivity index (χ0n) is 9.45. The minimum absolute atomic E-state index is 0.191. The van der Waals surface area contributed by atoms with E-state index in [1.807, 2.05) is 17.5 Å². The molecule has 18 heavy (non-hydrogen) atoms. The summed E-state index contributed by atoms with van der Waals surface area (Å²) in [5.41, 5.74) is 5.20. The number of thiophene rings is 1. The number of primary amides is 1. The van der Waals surface area contributed by atoms with Crippen molar-refractivity contribution in [1.29, 1.82) is 0 Å². The Morgan fingerprint density at radius 1 is 1.44 bits per heavy atom. The van der Waals surface area contributed by atoms with Gasteiger partial charge in [-0.05, 0) is 18.4 Å². The van der Waals surface area contributed by atoms with Crippen LogP contribution < -0.4 is 5.73 Å². The lowest BCUT2D eigenvalue weighted by Crippen LogP contribution is -2.30. The van der Waals surface area contributed by atoms with Gasteiger partial charge in [-0.1, -0.05) is 6.07 Å². The molecule has 2 N–H and O–H groups in total. The number of nitrogens with two attached hydrogens (primary N) is 1. The van der Waals surface area contributed by atoms with Crippen LogP contribution >= 0.6 is 22.7 Å². The predicted octanol–water partition coefficient (Wildman–Crippen LogP) is 1.90. The van der Waals surface area contributed by atoms with E-state index in [1.165, 1.54) is 18.3 Å². The molecule has 0 fully saturated rings. The van der Waals surface area contributed by atoms with E-state index in [-0.39, 0.29) is 5.69 Å². The number of thiazole rings is 1. The highest BCUT2D eigenvalue weighted by molar-refractivity contribution is 7.20. The molecule has 5 nitrogen and oxygen atoms in total. The van der Waals surface area contributed by atoms with E-state index in [4.69, 9.17) is 10.5 Å². The van der Waals surface area contributed by atoms with Crippen LogP contribution in [0.3, 0.4) is 0 Å². The van der Waals surface area contributed by atoms with Crippen molar-refractivity contribution < 1.29 is 14.3 Å². The number of hydrogen-bond acceptors (Lipinski definition) is 6. The van der Waals surface area contributed by atoms with Gasteiger partial charge in [-0.3, -0.25) is 4.79 Å². The maximum Gasteiger partial charge on any atom is 0.358 e. The summed E-state index contributed by atoms with van der Waals surface area (Å²) < 4.78 is 4.86. The number of amides is 1. The summed E-state index contributed by atoms with van der Waals surface area (Å²) in [6, 6.07) is 3.83. The molecule has 0 spiro atoms. The number of aromatic nitrogens is 1. The molecule has 2 rings (SSSR count). The van der Waals surface area contributed by atoms with Crippen molar-refractivity contribution >= 4 is 34.6 Å². The molecule has 0 aromatic carbocycles. The van der Waals surface area contributed by atoms with Crippen LogP contribution in [0.1, 0.15) is 17.4 Å². The molecule has 0 unspecified atom stereocenters. The third-order valence-electron chi connectivity index (χ3n) is 2.13. The first kappa shape index (κ1) is 12.7. The molecule has 0 radical (unpaired) electrons. The fourth-order valence-electron chi connectivity index (χ4n) is 1.16. The zero-order chi connectivity index (χ0) is 13.1. The molecule has 7 heteroatoms. The van der Waals surface area contributed by atoms with E-state index in [0.717, 1.165) is 9.88 Å². The Labute approximate surface area is 111 Å². The Kier molecular flexibility index (Phi) is 3.73. The van der Waals surface area contributed by atoms with Gasteiger partial charge in [0.15, 0.2) is 11.8 Å². The molecule has 2 aromatic rings. The van der Waals surface area contributed by atoms with Crippen molar-refractivity contribution in [1.82, 2.24) is 4.98 Å². The van der Waals surface area contributed by atoms with Gasteiger partial charge < -0.3 is 10.5 Å². The van der Waals surface area contributed by atoms with Crippen molar-refractivity contribution in [2.75, 3.05) is 0 Å². The highest BCUT2D eigenvalue weighted by Gasteiger charge is 2.19. The minimum atomic E-state index is -0.954. The smallest absolute Gasteiger partial charge is 0.358 e. The molecule has 0 aliphatic rings. The molecule has 0 saturated heterocycles. The fraction of sp³-hybridized carbons (Fsp3) is 0.182. The van der Waals surface area contributed by atoms with Gasteiger partial charge in [0, 0.05) is 5.38 Å². The topological polar surface area (TPSA) is 82.3 Å². The molecule has 0 aliphatic heterocycles. The number of esters is 1. The van der Waals surface area contributed by atoms with Crippen LogP contribution in [0.15, 0.2) is 22.9 Å². The summed E-state index contributed by atoms with van der Waals surface area (Å²) >= 11 is 2.89. The lowest BCUT2D eigenvalue weighted by molar-refractivity contribution is -0.125. The van der Waals surface area contributed by atoms with Crippen LogP contribution in [0.25, 0.3) is 9.88 Å².